The Morgan fingerprint density at radius 1 is 1.33 bits per heavy atom. The maximum absolute atomic E-state index is 10.4. The maximum atomic E-state index is 10.4. The quantitative estimate of drug-likeness (QED) is 0.643. The number of ether oxygens (including phenoxy) is 1. The van der Waals surface area contributed by atoms with Crippen LogP contribution in [0.25, 0.3) is 0 Å². The minimum Gasteiger partial charge on any atom is -0.512 e. The molecule has 2 aliphatic rings. The summed E-state index contributed by atoms with van der Waals surface area (Å²) in [4.78, 5) is 9.60. The van der Waals surface area contributed by atoms with Crippen molar-refractivity contribution < 1.29 is 11.3 Å². The fourth-order valence-electron chi connectivity index (χ4n) is 2.99. The Kier molecular flexibility index (Phi) is 8.10. The van der Waals surface area contributed by atoms with E-state index >= 15 is 0 Å². The van der Waals surface area contributed by atoms with Gasteiger partial charge in [-0.3, -0.25) is 4.99 Å². The first-order valence-corrected chi connectivity index (χ1v) is 10.5. The molecule has 2 unspecified atom stereocenters. The zero-order chi connectivity index (χ0) is 19.8. The van der Waals surface area contributed by atoms with Crippen molar-refractivity contribution in [3.05, 3.63) is 46.9 Å². The van der Waals surface area contributed by atoms with Crippen molar-refractivity contribution in [2.24, 2.45) is 10.9 Å². The lowest BCUT2D eigenvalue weighted by molar-refractivity contribution is 0.278. The number of aliphatic imine (C=N–C) groups is 1. The third-order valence-electron chi connectivity index (χ3n) is 4.24. The first kappa shape index (κ1) is 21.2. The van der Waals surface area contributed by atoms with E-state index < -0.39 is 0 Å². The van der Waals surface area contributed by atoms with Crippen molar-refractivity contribution in [1.29, 1.82) is 0 Å². The SMILES string of the molecule is CC.CO/C1=C/C2CC(/C=C\C1)/C(O)=C\CC(c1csc(NC(C)C)n1)=N2.[HH]. The number of allylic oxidation sites excluding steroid dienone is 3. The van der Waals surface area contributed by atoms with Gasteiger partial charge in [-0.2, -0.15) is 0 Å². The van der Waals surface area contributed by atoms with Crippen molar-refractivity contribution in [3.63, 3.8) is 0 Å². The van der Waals surface area contributed by atoms with E-state index in [1.54, 1.807) is 18.4 Å². The minimum atomic E-state index is -0.0287. The molecule has 6 heteroatoms. The van der Waals surface area contributed by atoms with Crippen molar-refractivity contribution >= 4 is 22.2 Å². The zero-order valence-corrected chi connectivity index (χ0v) is 17.7. The van der Waals surface area contributed by atoms with Gasteiger partial charge in [0, 0.05) is 31.6 Å². The van der Waals surface area contributed by atoms with E-state index in [2.05, 4.69) is 42.4 Å². The average molecular weight is 392 g/mol. The first-order chi connectivity index (χ1) is 13.0. The average Bonchev–Trinajstić information content (AvgIpc) is 3.07. The summed E-state index contributed by atoms with van der Waals surface area (Å²) in [5.74, 6) is 1.34. The molecule has 0 fully saturated rings. The molecule has 0 radical (unpaired) electrons. The van der Waals surface area contributed by atoms with Crippen LogP contribution in [-0.4, -0.2) is 35.0 Å². The molecule has 5 nitrogen and oxygen atoms in total. The summed E-state index contributed by atoms with van der Waals surface area (Å²) in [5.41, 5.74) is 1.78. The van der Waals surface area contributed by atoms with Gasteiger partial charge in [0.15, 0.2) is 5.13 Å². The molecule has 1 aromatic heterocycles. The van der Waals surface area contributed by atoms with Crippen LogP contribution in [0.5, 0.6) is 0 Å². The standard InChI is InChI=1S/C19H25N3O2S.C2H6.H2/c1-12(2)20-19-22-17(11-25-19)16-7-8-18(23)13-5-4-6-15(24-3)10-14(9-13)21-16;1-2;/h4-5,8,10-14,23H,6-7,9H2,1-3H3,(H,20,22);1-2H3;1H/b5-4-,15-10+,18-8+,21-16?;;. The second kappa shape index (κ2) is 10.3. The number of methoxy groups -OCH3 is 1. The molecular weight excluding hydrogens is 358 g/mol. The molecule has 0 amide bonds. The second-order valence-corrected chi connectivity index (χ2v) is 7.48. The van der Waals surface area contributed by atoms with Crippen LogP contribution in [0, 0.1) is 5.92 Å². The van der Waals surface area contributed by atoms with Gasteiger partial charge in [0.25, 0.3) is 0 Å². The second-order valence-electron chi connectivity index (χ2n) is 6.62. The van der Waals surface area contributed by atoms with Gasteiger partial charge >= 0.3 is 0 Å². The van der Waals surface area contributed by atoms with Crippen LogP contribution in [0.2, 0.25) is 0 Å². The molecule has 1 aliphatic heterocycles. The molecule has 2 bridgehead atoms. The number of aliphatic hydroxyl groups is 1. The number of hydrogen-bond donors (Lipinski definition) is 2. The van der Waals surface area contributed by atoms with Gasteiger partial charge in [0.2, 0.25) is 0 Å². The molecule has 27 heavy (non-hydrogen) atoms. The van der Waals surface area contributed by atoms with Crippen LogP contribution >= 0.6 is 11.3 Å². The summed E-state index contributed by atoms with van der Waals surface area (Å²) in [5, 5.41) is 16.7. The van der Waals surface area contributed by atoms with Gasteiger partial charge in [-0.25, -0.2) is 4.98 Å². The van der Waals surface area contributed by atoms with E-state index in [-0.39, 0.29) is 13.4 Å². The molecule has 2 N–H and O–H groups in total. The summed E-state index contributed by atoms with van der Waals surface area (Å²) in [7, 11) is 1.69. The number of nitrogens with zero attached hydrogens (tertiary/aromatic N) is 2. The first-order valence-electron chi connectivity index (χ1n) is 9.64. The Labute approximate surface area is 168 Å². The summed E-state index contributed by atoms with van der Waals surface area (Å²) in [6, 6.07) is 0.312. The molecule has 0 aromatic carbocycles. The molecule has 2 atom stereocenters. The summed E-state index contributed by atoms with van der Waals surface area (Å²) >= 11 is 1.58. The molecule has 150 valence electrons. The largest absolute Gasteiger partial charge is 0.512 e. The van der Waals surface area contributed by atoms with Gasteiger partial charge in [-0.05, 0) is 32.4 Å². The third-order valence-corrected chi connectivity index (χ3v) is 5.01. The van der Waals surface area contributed by atoms with Crippen LogP contribution in [0.15, 0.2) is 46.2 Å². The normalized spacial score (nSPS) is 27.1. The summed E-state index contributed by atoms with van der Waals surface area (Å²) < 4.78 is 5.45. The van der Waals surface area contributed by atoms with Crippen molar-refractivity contribution in [2.45, 2.75) is 59.0 Å². The van der Waals surface area contributed by atoms with Crippen molar-refractivity contribution in [1.82, 2.24) is 4.98 Å². The van der Waals surface area contributed by atoms with Crippen molar-refractivity contribution in [2.75, 3.05) is 12.4 Å². The van der Waals surface area contributed by atoms with E-state index in [9.17, 15) is 5.11 Å². The van der Waals surface area contributed by atoms with E-state index in [0.717, 1.165) is 35.1 Å². The number of anilines is 1. The number of thiazole rings is 1. The van der Waals surface area contributed by atoms with Gasteiger partial charge in [0.1, 0.15) is 0 Å². The number of nitrogens with one attached hydrogen (secondary N) is 1. The van der Waals surface area contributed by atoms with Crippen LogP contribution in [0.1, 0.15) is 54.1 Å². The Morgan fingerprint density at radius 2 is 2.11 bits per heavy atom. The van der Waals surface area contributed by atoms with E-state index in [4.69, 9.17) is 9.73 Å². The number of fused-ring (bicyclic) bond motifs is 2. The molecule has 3 rings (SSSR count). The molecule has 1 aromatic rings. The maximum Gasteiger partial charge on any atom is 0.183 e. The third kappa shape index (κ3) is 5.96. The van der Waals surface area contributed by atoms with Crippen LogP contribution < -0.4 is 5.32 Å². The Morgan fingerprint density at radius 3 is 2.81 bits per heavy atom. The van der Waals surface area contributed by atoms with Gasteiger partial charge in [-0.15, -0.1) is 11.3 Å². The Hall–Kier alpha value is -2.08. The number of aromatic nitrogens is 1. The molecule has 0 saturated carbocycles. The summed E-state index contributed by atoms with van der Waals surface area (Å²) in [6.07, 6.45) is 10.1. The number of aliphatic hydroxyl groups excluding tert-OH is 1. The lowest BCUT2D eigenvalue weighted by Crippen LogP contribution is -2.18. The highest BCUT2D eigenvalue weighted by Crippen LogP contribution is 2.28. The van der Waals surface area contributed by atoms with Gasteiger partial charge < -0.3 is 15.2 Å². The van der Waals surface area contributed by atoms with E-state index in [0.29, 0.717) is 18.2 Å². The fraction of sp³-hybridized carbons (Fsp3) is 0.524. The minimum absolute atomic E-state index is 0. The highest BCUT2D eigenvalue weighted by Gasteiger charge is 2.22. The van der Waals surface area contributed by atoms with E-state index in [1.165, 1.54) is 0 Å². The predicted molar refractivity (Wildman–Crippen MR) is 117 cm³/mol. The van der Waals surface area contributed by atoms with Crippen LogP contribution in [-0.2, 0) is 4.74 Å². The number of hydrogen-bond acceptors (Lipinski definition) is 6. The van der Waals surface area contributed by atoms with Crippen LogP contribution in [0.3, 0.4) is 0 Å². The van der Waals surface area contributed by atoms with Crippen LogP contribution in [0.4, 0.5) is 5.13 Å². The molecule has 1 aliphatic carbocycles. The topological polar surface area (TPSA) is 66.7 Å². The Bertz CT molecular complexity index is 738. The highest BCUT2D eigenvalue weighted by atomic mass is 32.1. The Balaban J connectivity index is 0.00000127. The van der Waals surface area contributed by atoms with Crippen molar-refractivity contribution in [3.8, 4) is 0 Å². The lowest BCUT2D eigenvalue weighted by Gasteiger charge is -2.22. The monoisotopic (exact) mass is 391 g/mol. The fourth-order valence-corrected chi connectivity index (χ4v) is 3.86. The molecule has 0 spiro atoms. The highest BCUT2D eigenvalue weighted by molar-refractivity contribution is 7.13. The van der Waals surface area contributed by atoms with E-state index in [1.807, 2.05) is 25.3 Å². The van der Waals surface area contributed by atoms with Gasteiger partial charge in [-0.1, -0.05) is 26.0 Å². The molecule has 0 saturated heterocycles. The smallest absolute Gasteiger partial charge is 0.183 e. The lowest BCUT2D eigenvalue weighted by atomic mass is 9.92. The van der Waals surface area contributed by atoms with Gasteiger partial charge in [0.05, 0.1) is 36.1 Å². The predicted octanol–water partition coefficient (Wildman–Crippen LogP) is 5.74. The molecular formula is C21H33N3O2S. The summed E-state index contributed by atoms with van der Waals surface area (Å²) in [6.45, 7) is 8.18. The molecule has 2 heterocycles. The zero-order valence-electron chi connectivity index (χ0n) is 16.9. The number of rotatable bonds is 4.